The van der Waals surface area contributed by atoms with Gasteiger partial charge in [-0.1, -0.05) is 13.0 Å². The van der Waals surface area contributed by atoms with E-state index in [1.54, 1.807) is 17.8 Å². The summed E-state index contributed by atoms with van der Waals surface area (Å²) in [5.41, 5.74) is 3.87. The zero-order valence-electron chi connectivity index (χ0n) is 20.5. The molecule has 5 rings (SSSR count). The van der Waals surface area contributed by atoms with Crippen LogP contribution in [-0.4, -0.2) is 49.7 Å². The predicted molar refractivity (Wildman–Crippen MR) is 132 cm³/mol. The van der Waals surface area contributed by atoms with Crippen molar-refractivity contribution in [2.45, 2.75) is 57.5 Å². The van der Waals surface area contributed by atoms with Crippen molar-refractivity contribution in [3.05, 3.63) is 57.4 Å². The minimum absolute atomic E-state index is 0.105. The maximum atomic E-state index is 13.1. The molecule has 1 aliphatic carbocycles. The van der Waals surface area contributed by atoms with E-state index in [4.69, 9.17) is 10.2 Å². The van der Waals surface area contributed by atoms with E-state index in [-0.39, 0.29) is 29.6 Å². The Hall–Kier alpha value is -3.69. The Kier molecular flexibility index (Phi) is 6.04. The average Bonchev–Trinajstić information content (AvgIpc) is 3.65. The summed E-state index contributed by atoms with van der Waals surface area (Å²) in [7, 11) is 1.62. The van der Waals surface area contributed by atoms with Crippen molar-refractivity contribution in [3.8, 4) is 12.1 Å². The van der Waals surface area contributed by atoms with Gasteiger partial charge in [0.1, 0.15) is 17.3 Å². The van der Waals surface area contributed by atoms with Crippen LogP contribution in [0.4, 0.5) is 5.69 Å². The van der Waals surface area contributed by atoms with E-state index in [1.807, 2.05) is 6.20 Å². The van der Waals surface area contributed by atoms with E-state index in [1.165, 1.54) is 28.8 Å². The summed E-state index contributed by atoms with van der Waals surface area (Å²) in [5, 5.41) is 19.1. The molecule has 0 spiro atoms. The number of nitrogens with zero attached hydrogens (tertiary/aromatic N) is 8. The summed E-state index contributed by atoms with van der Waals surface area (Å²) in [6.45, 7) is 6.62. The van der Waals surface area contributed by atoms with E-state index in [2.05, 4.69) is 52.9 Å². The lowest BCUT2D eigenvalue weighted by molar-refractivity contribution is 0.169. The van der Waals surface area contributed by atoms with Crippen molar-refractivity contribution in [3.63, 3.8) is 0 Å². The molecule has 0 radical (unpaired) electrons. The maximum Gasteiger partial charge on any atom is 0.285 e. The van der Waals surface area contributed by atoms with Crippen LogP contribution in [0.25, 0.3) is 5.65 Å². The molecule has 3 aromatic rings. The Labute approximate surface area is 204 Å². The van der Waals surface area contributed by atoms with Crippen LogP contribution in [0, 0.1) is 22.7 Å². The second-order valence-electron chi connectivity index (χ2n) is 9.62. The lowest BCUT2D eigenvalue weighted by atomic mass is 10.0. The molecule has 2 aliphatic rings. The van der Waals surface area contributed by atoms with Gasteiger partial charge in [0.05, 0.1) is 24.4 Å². The molecule has 1 saturated carbocycles. The zero-order valence-corrected chi connectivity index (χ0v) is 20.5. The first kappa shape index (κ1) is 23.1. The number of anilines is 1. The molecule has 9 heteroatoms. The lowest BCUT2D eigenvalue weighted by Crippen LogP contribution is -2.54. The van der Waals surface area contributed by atoms with Crippen molar-refractivity contribution >= 4 is 11.3 Å². The summed E-state index contributed by atoms with van der Waals surface area (Å²) in [5.74, 6) is 0.647. The number of imidazole rings is 1. The van der Waals surface area contributed by atoms with E-state index in [9.17, 15) is 10.1 Å². The SMILES string of the molecule is CCC1CN(C(C)c2ccc(C3CC3)nc2)CCN1c1c(C#N)c(=O)n(C)n2cc(CC#N)nc12. The Balaban J connectivity index is 1.47. The van der Waals surface area contributed by atoms with Crippen LogP contribution in [0.3, 0.4) is 0 Å². The highest BCUT2D eigenvalue weighted by Crippen LogP contribution is 2.39. The topological polar surface area (TPSA) is 106 Å². The lowest BCUT2D eigenvalue weighted by Gasteiger charge is -2.45. The molecule has 9 nitrogen and oxygen atoms in total. The highest BCUT2D eigenvalue weighted by atomic mass is 16.1. The number of nitriles is 2. The van der Waals surface area contributed by atoms with Crippen LogP contribution < -0.4 is 10.5 Å². The second kappa shape index (κ2) is 9.16. The quantitative estimate of drug-likeness (QED) is 0.545. The van der Waals surface area contributed by atoms with Crippen molar-refractivity contribution in [2.75, 3.05) is 24.5 Å². The second-order valence-corrected chi connectivity index (χ2v) is 9.62. The third-order valence-electron chi connectivity index (χ3n) is 7.50. The van der Waals surface area contributed by atoms with Crippen LogP contribution >= 0.6 is 0 Å². The fraction of sp³-hybridized carbons (Fsp3) is 0.500. The largest absolute Gasteiger partial charge is 0.362 e. The summed E-state index contributed by atoms with van der Waals surface area (Å²) in [4.78, 5) is 27.0. The molecule has 0 N–H and O–H groups in total. The standard InChI is InChI=1S/C26H30N8O/c1-4-21-16-32(17(2)19-7-8-23(29-14-19)18-5-6-18)11-12-33(21)24-22(13-28)26(35)31(3)34-15-20(9-10-27)30-25(24)34/h7-8,14-15,17-18,21H,4-6,9,11-12,16H2,1-3H3. The predicted octanol–water partition coefficient (Wildman–Crippen LogP) is 2.90. The van der Waals surface area contributed by atoms with Crippen LogP contribution in [0.1, 0.15) is 67.6 Å². The minimum atomic E-state index is -0.358. The van der Waals surface area contributed by atoms with Crippen molar-refractivity contribution in [2.24, 2.45) is 7.05 Å². The van der Waals surface area contributed by atoms with Gasteiger partial charge in [0.2, 0.25) is 0 Å². The van der Waals surface area contributed by atoms with Crippen LogP contribution in [0.15, 0.2) is 29.3 Å². The number of aryl methyl sites for hydroxylation is 1. The van der Waals surface area contributed by atoms with Crippen LogP contribution in [0.5, 0.6) is 0 Å². The smallest absolute Gasteiger partial charge is 0.285 e. The molecule has 4 heterocycles. The van der Waals surface area contributed by atoms with Gasteiger partial charge in [-0.2, -0.15) is 10.5 Å². The number of aromatic nitrogens is 4. The first-order valence-corrected chi connectivity index (χ1v) is 12.3. The first-order chi connectivity index (χ1) is 17.0. The van der Waals surface area contributed by atoms with Gasteiger partial charge < -0.3 is 4.90 Å². The fourth-order valence-corrected chi connectivity index (χ4v) is 5.19. The third kappa shape index (κ3) is 4.06. The highest BCUT2D eigenvalue weighted by molar-refractivity contribution is 5.76. The molecule has 2 unspecified atom stereocenters. The molecule has 3 aromatic heterocycles. The summed E-state index contributed by atoms with van der Waals surface area (Å²) in [6.07, 6.45) is 7.23. The number of hydrogen-bond donors (Lipinski definition) is 0. The van der Waals surface area contributed by atoms with Crippen LogP contribution in [-0.2, 0) is 13.5 Å². The fourth-order valence-electron chi connectivity index (χ4n) is 5.19. The number of pyridine rings is 1. The molecule has 0 bridgehead atoms. The van der Waals surface area contributed by atoms with Gasteiger partial charge in [-0.05, 0) is 37.8 Å². The molecular formula is C26H30N8O. The summed E-state index contributed by atoms with van der Waals surface area (Å²) >= 11 is 0. The molecule has 1 saturated heterocycles. The first-order valence-electron chi connectivity index (χ1n) is 12.3. The third-order valence-corrected chi connectivity index (χ3v) is 7.50. The summed E-state index contributed by atoms with van der Waals surface area (Å²) in [6, 6.07) is 8.98. The Morgan fingerprint density at radius 1 is 1.23 bits per heavy atom. The van der Waals surface area contributed by atoms with Gasteiger partial charge in [-0.15, -0.1) is 0 Å². The van der Waals surface area contributed by atoms with Gasteiger partial charge in [-0.25, -0.2) is 14.2 Å². The molecule has 1 aliphatic heterocycles. The molecule has 35 heavy (non-hydrogen) atoms. The number of fused-ring (bicyclic) bond motifs is 1. The maximum absolute atomic E-state index is 13.1. The normalized spacial score (nSPS) is 19.5. The molecule has 2 fully saturated rings. The van der Waals surface area contributed by atoms with Gasteiger partial charge in [-0.3, -0.25) is 14.7 Å². The zero-order chi connectivity index (χ0) is 24.7. The average molecular weight is 471 g/mol. The Bertz CT molecular complexity index is 1390. The molecule has 2 atom stereocenters. The molecule has 180 valence electrons. The van der Waals surface area contributed by atoms with Crippen molar-refractivity contribution < 1.29 is 0 Å². The Morgan fingerprint density at radius 2 is 2.03 bits per heavy atom. The van der Waals surface area contributed by atoms with Gasteiger partial charge >= 0.3 is 0 Å². The number of rotatable bonds is 6. The van der Waals surface area contributed by atoms with Gasteiger partial charge in [0.15, 0.2) is 5.65 Å². The van der Waals surface area contributed by atoms with E-state index in [0.717, 1.165) is 19.5 Å². The van der Waals surface area contributed by atoms with E-state index in [0.29, 0.717) is 29.5 Å². The van der Waals surface area contributed by atoms with Crippen molar-refractivity contribution in [1.29, 1.82) is 10.5 Å². The highest BCUT2D eigenvalue weighted by Gasteiger charge is 2.33. The van der Waals surface area contributed by atoms with E-state index >= 15 is 0 Å². The van der Waals surface area contributed by atoms with Crippen LogP contribution in [0.2, 0.25) is 0 Å². The number of piperazine rings is 1. The monoisotopic (exact) mass is 470 g/mol. The van der Waals surface area contributed by atoms with Gasteiger partial charge in [0, 0.05) is 56.6 Å². The molecule has 0 aromatic carbocycles. The number of hydrogen-bond acceptors (Lipinski definition) is 7. The van der Waals surface area contributed by atoms with Crippen molar-refractivity contribution in [1.82, 2.24) is 24.1 Å². The Morgan fingerprint density at radius 3 is 2.66 bits per heavy atom. The summed E-state index contributed by atoms with van der Waals surface area (Å²) < 4.78 is 3.06. The van der Waals surface area contributed by atoms with Gasteiger partial charge in [0.25, 0.3) is 5.56 Å². The van der Waals surface area contributed by atoms with E-state index < -0.39 is 0 Å². The molecular weight excluding hydrogens is 440 g/mol. The molecule has 0 amide bonds. The minimum Gasteiger partial charge on any atom is -0.362 e.